The summed E-state index contributed by atoms with van der Waals surface area (Å²) in [7, 11) is 0. The molecule has 2 saturated carbocycles. The van der Waals surface area contributed by atoms with Gasteiger partial charge in [-0.2, -0.15) is 4.98 Å². The van der Waals surface area contributed by atoms with Crippen molar-refractivity contribution < 1.29 is 14.0 Å². The van der Waals surface area contributed by atoms with Gasteiger partial charge in [-0.1, -0.05) is 0 Å². The van der Waals surface area contributed by atoms with E-state index in [1.54, 1.807) is 10.8 Å². The zero-order chi connectivity index (χ0) is 20.1. The Morgan fingerprint density at radius 2 is 2.14 bits per heavy atom. The molecule has 0 saturated heterocycles. The summed E-state index contributed by atoms with van der Waals surface area (Å²) in [5.41, 5.74) is 5.67. The van der Waals surface area contributed by atoms with Crippen molar-refractivity contribution in [1.82, 2.24) is 24.8 Å². The quantitative estimate of drug-likeness (QED) is 0.537. The van der Waals surface area contributed by atoms with Crippen molar-refractivity contribution in [1.29, 1.82) is 0 Å². The van der Waals surface area contributed by atoms with Gasteiger partial charge in [0.05, 0.1) is 18.4 Å². The van der Waals surface area contributed by atoms with Crippen LogP contribution in [0.5, 0.6) is 0 Å². The van der Waals surface area contributed by atoms with Gasteiger partial charge in [-0.3, -0.25) is 9.59 Å². The van der Waals surface area contributed by atoms with Gasteiger partial charge in [-0.25, -0.2) is 14.4 Å². The first kappa shape index (κ1) is 17.8. The lowest BCUT2D eigenvalue weighted by atomic mass is 9.77. The minimum absolute atomic E-state index is 0.0170. The van der Waals surface area contributed by atoms with Crippen LogP contribution in [-0.4, -0.2) is 43.9 Å². The second kappa shape index (κ2) is 6.68. The molecule has 0 radical (unpaired) electrons. The zero-order valence-electron chi connectivity index (χ0n) is 15.5. The van der Waals surface area contributed by atoms with Gasteiger partial charge < -0.3 is 26.3 Å². The number of imidazole rings is 1. The summed E-state index contributed by atoms with van der Waals surface area (Å²) in [6, 6.07) is -0.340. The summed E-state index contributed by atoms with van der Waals surface area (Å²) in [6.07, 6.45) is 5.87. The summed E-state index contributed by atoms with van der Waals surface area (Å²) in [5.74, 6) is -0.525. The molecule has 0 unspecified atom stereocenters. The normalized spacial score (nSPS) is 30.5. The Morgan fingerprint density at radius 1 is 1.28 bits per heavy atom. The first-order valence-electron chi connectivity index (χ1n) is 9.62. The highest BCUT2D eigenvalue weighted by atomic mass is 19.1. The van der Waals surface area contributed by atoms with E-state index in [1.807, 2.05) is 0 Å². The largest absolute Gasteiger partial charge is 0.369 e. The Kier molecular flexibility index (Phi) is 4.10. The molecule has 11 heteroatoms. The molecule has 2 aromatic heterocycles. The van der Waals surface area contributed by atoms with Crippen molar-refractivity contribution in [2.75, 3.05) is 17.2 Å². The van der Waals surface area contributed by atoms with Gasteiger partial charge in [0.2, 0.25) is 17.8 Å². The van der Waals surface area contributed by atoms with Crippen LogP contribution < -0.4 is 21.7 Å². The van der Waals surface area contributed by atoms with Crippen molar-refractivity contribution in [3.8, 4) is 0 Å². The number of nitrogens with one attached hydrogen (secondary N) is 3. The van der Waals surface area contributed by atoms with Gasteiger partial charge >= 0.3 is 0 Å². The van der Waals surface area contributed by atoms with Crippen molar-refractivity contribution in [3.05, 3.63) is 24.5 Å². The molecule has 3 heterocycles. The van der Waals surface area contributed by atoms with Gasteiger partial charge in [0, 0.05) is 18.8 Å². The van der Waals surface area contributed by atoms with E-state index in [0.29, 0.717) is 12.4 Å². The molecule has 2 fully saturated rings. The molecule has 2 aromatic rings. The molecule has 5 atom stereocenters. The average Bonchev–Trinajstić information content (AvgIpc) is 3.37. The highest BCUT2D eigenvalue weighted by Gasteiger charge is 2.54. The van der Waals surface area contributed by atoms with E-state index in [1.165, 1.54) is 6.33 Å². The van der Waals surface area contributed by atoms with Crippen LogP contribution in [0.2, 0.25) is 0 Å². The Labute approximate surface area is 165 Å². The second-order valence-electron chi connectivity index (χ2n) is 8.00. The third-order valence-corrected chi connectivity index (χ3v) is 6.28. The first-order chi connectivity index (χ1) is 14.0. The average molecular weight is 400 g/mol. The maximum atomic E-state index is 14.4. The van der Waals surface area contributed by atoms with Gasteiger partial charge in [0.25, 0.3) is 0 Å². The van der Waals surface area contributed by atoms with Crippen LogP contribution in [0, 0.1) is 29.5 Å². The van der Waals surface area contributed by atoms with Crippen LogP contribution in [0.4, 0.5) is 22.0 Å². The fraction of sp³-hybridized carbons (Fsp3) is 0.500. The molecule has 152 valence electrons. The zero-order valence-corrected chi connectivity index (χ0v) is 15.5. The Morgan fingerprint density at radius 3 is 2.97 bits per heavy atom. The van der Waals surface area contributed by atoms with E-state index < -0.39 is 17.6 Å². The fourth-order valence-corrected chi connectivity index (χ4v) is 5.11. The lowest BCUT2D eigenvalue weighted by molar-refractivity contribution is -0.124. The maximum absolute atomic E-state index is 14.4. The van der Waals surface area contributed by atoms with Gasteiger partial charge in [0.1, 0.15) is 6.54 Å². The number of fused-ring (bicyclic) bond motifs is 5. The number of nitrogens with zero attached hydrogens (tertiary/aromatic N) is 4. The van der Waals surface area contributed by atoms with Crippen LogP contribution in [-0.2, 0) is 16.1 Å². The number of halogens is 1. The van der Waals surface area contributed by atoms with Crippen molar-refractivity contribution in [2.45, 2.75) is 25.4 Å². The van der Waals surface area contributed by atoms with E-state index in [0.717, 1.165) is 19.0 Å². The van der Waals surface area contributed by atoms with E-state index >= 15 is 0 Å². The van der Waals surface area contributed by atoms with Crippen LogP contribution in [0.1, 0.15) is 12.8 Å². The van der Waals surface area contributed by atoms with Crippen LogP contribution >= 0.6 is 0 Å². The van der Waals surface area contributed by atoms with Crippen molar-refractivity contribution >= 4 is 29.4 Å². The molecule has 0 spiro atoms. The maximum Gasteiger partial charge on any atom is 0.239 e. The predicted octanol–water partition coefficient (Wildman–Crippen LogP) is 0.224. The lowest BCUT2D eigenvalue weighted by Gasteiger charge is -2.35. The predicted molar refractivity (Wildman–Crippen MR) is 100 cm³/mol. The molecule has 5 rings (SSSR count). The molecule has 3 aliphatic rings. The minimum atomic E-state index is -0.610. The number of rotatable bonds is 1. The van der Waals surface area contributed by atoms with Gasteiger partial charge in [0.15, 0.2) is 17.5 Å². The molecule has 5 N–H and O–H groups in total. The molecule has 10 nitrogen and oxygen atoms in total. The Balaban J connectivity index is 1.52. The molecular formula is C18H21FN8O2. The highest BCUT2D eigenvalue weighted by Crippen LogP contribution is 2.52. The van der Waals surface area contributed by atoms with Crippen LogP contribution in [0.15, 0.2) is 18.7 Å². The molecule has 1 aliphatic heterocycles. The molecule has 2 amide bonds. The number of amides is 2. The second-order valence-corrected chi connectivity index (χ2v) is 8.00. The highest BCUT2D eigenvalue weighted by molar-refractivity contribution is 5.79. The van der Waals surface area contributed by atoms with Crippen LogP contribution in [0.3, 0.4) is 0 Å². The molecule has 2 aliphatic carbocycles. The minimum Gasteiger partial charge on any atom is -0.369 e. The van der Waals surface area contributed by atoms with Crippen molar-refractivity contribution in [3.63, 3.8) is 0 Å². The standard InChI is InChI=1S/C18H21FN8O2/c19-11-4-22-18-24-12-5-27(7-23-12)6-13(28)21-3-9-1-8-2-10(9)15(14(8)16(20)29)25-17(11)26-18/h4-5,7-10,14-15H,1-3,6H2,(H2,20,29)(H,21,28)(H2,22,24,25,26)/t8-,9+,10-,14+,15-/m1/s1. The SMILES string of the molecule is NC(=O)[C@H]1[C@@H]2C[C@H]3CNC(=O)Cn4cnc(c4)Nc4ncc(F)c(n4)N[C@@H]1[C@@H]3C2. The Bertz CT molecular complexity index is 979. The monoisotopic (exact) mass is 400 g/mol. The van der Waals surface area contributed by atoms with Gasteiger partial charge in [-0.15, -0.1) is 0 Å². The molecule has 0 aromatic carbocycles. The fourth-order valence-electron chi connectivity index (χ4n) is 5.11. The third kappa shape index (κ3) is 3.15. The smallest absolute Gasteiger partial charge is 0.239 e. The number of aromatic nitrogens is 4. The number of carbonyl (C=O) groups excluding carboxylic acids is 2. The summed E-state index contributed by atoms with van der Waals surface area (Å²) in [5, 5.41) is 8.99. The summed E-state index contributed by atoms with van der Waals surface area (Å²) in [6.45, 7) is 0.636. The van der Waals surface area contributed by atoms with E-state index in [9.17, 15) is 14.0 Å². The number of hydrogen-bond acceptors (Lipinski definition) is 7. The lowest BCUT2D eigenvalue weighted by Crippen LogP contribution is -2.47. The number of hydrogen-bond donors (Lipinski definition) is 4. The molecular weight excluding hydrogens is 379 g/mol. The van der Waals surface area contributed by atoms with E-state index in [4.69, 9.17) is 5.73 Å². The molecule has 6 bridgehead atoms. The molecule has 29 heavy (non-hydrogen) atoms. The summed E-state index contributed by atoms with van der Waals surface area (Å²) >= 11 is 0. The van der Waals surface area contributed by atoms with Crippen molar-refractivity contribution in [2.24, 2.45) is 29.4 Å². The van der Waals surface area contributed by atoms with Crippen LogP contribution in [0.25, 0.3) is 0 Å². The number of primary amides is 1. The Hall–Kier alpha value is -3.24. The van der Waals surface area contributed by atoms with E-state index in [-0.39, 0.29) is 48.0 Å². The summed E-state index contributed by atoms with van der Waals surface area (Å²) < 4.78 is 16.1. The number of carbonyl (C=O) groups is 2. The van der Waals surface area contributed by atoms with E-state index in [2.05, 4.69) is 30.9 Å². The number of nitrogens with two attached hydrogens (primary N) is 1. The topological polar surface area (TPSA) is 140 Å². The number of anilines is 3. The summed E-state index contributed by atoms with van der Waals surface area (Å²) in [4.78, 5) is 36.8. The third-order valence-electron chi connectivity index (χ3n) is 6.28. The van der Waals surface area contributed by atoms with Gasteiger partial charge in [-0.05, 0) is 30.6 Å². The first-order valence-corrected chi connectivity index (χ1v) is 9.62.